The molecule has 0 bridgehead atoms. The van der Waals surface area contributed by atoms with Gasteiger partial charge in [0.05, 0.1) is 0 Å². The van der Waals surface area contributed by atoms with Crippen LogP contribution in [0.3, 0.4) is 0 Å². The van der Waals surface area contributed by atoms with Crippen LogP contribution >= 0.6 is 0 Å². The SMILES string of the molecule is O=C(NCc1ccc2c(c1)OCO2)C(F)(F)C(F)(F)C(F)(F)C(F)(F)F. The van der Waals surface area contributed by atoms with Crippen molar-refractivity contribution in [1.29, 1.82) is 0 Å². The van der Waals surface area contributed by atoms with E-state index in [1.165, 1.54) is 23.5 Å². The van der Waals surface area contributed by atoms with Crippen molar-refractivity contribution in [3.8, 4) is 11.5 Å². The Morgan fingerprint density at radius 1 is 0.923 bits per heavy atom. The van der Waals surface area contributed by atoms with Crippen LogP contribution in [0.4, 0.5) is 39.5 Å². The minimum atomic E-state index is -7.13. The molecule has 0 atom stereocenters. The number of hydrogen-bond acceptors (Lipinski definition) is 3. The van der Waals surface area contributed by atoms with Crippen molar-refractivity contribution in [2.45, 2.75) is 30.5 Å². The molecule has 0 unspecified atom stereocenters. The summed E-state index contributed by atoms with van der Waals surface area (Å²) in [5.74, 6) is -23.1. The lowest BCUT2D eigenvalue weighted by atomic mass is 10.0. The van der Waals surface area contributed by atoms with Crippen LogP contribution in [0.15, 0.2) is 18.2 Å². The van der Waals surface area contributed by atoms with Crippen molar-refractivity contribution < 1.29 is 53.8 Å². The third kappa shape index (κ3) is 3.09. The normalized spacial score (nSPS) is 15.1. The number of fused-ring (bicyclic) bond motifs is 1. The number of halogens is 9. The van der Waals surface area contributed by atoms with E-state index in [1.807, 2.05) is 0 Å². The van der Waals surface area contributed by atoms with E-state index >= 15 is 0 Å². The summed E-state index contributed by atoms with van der Waals surface area (Å²) in [6.07, 6.45) is -6.99. The third-order valence-electron chi connectivity index (χ3n) is 3.32. The number of benzene rings is 1. The molecular weight excluding hydrogens is 389 g/mol. The second kappa shape index (κ2) is 6.13. The number of rotatable bonds is 5. The average Bonchev–Trinajstić information content (AvgIpc) is 2.98. The minimum Gasteiger partial charge on any atom is -0.454 e. The van der Waals surface area contributed by atoms with Crippen molar-refractivity contribution in [2.75, 3.05) is 6.79 Å². The highest BCUT2D eigenvalue weighted by atomic mass is 19.4. The second-order valence-corrected chi connectivity index (χ2v) is 5.09. The third-order valence-corrected chi connectivity index (χ3v) is 3.32. The van der Waals surface area contributed by atoms with E-state index in [-0.39, 0.29) is 23.9 Å². The lowest BCUT2D eigenvalue weighted by molar-refractivity contribution is -0.388. The monoisotopic (exact) mass is 397 g/mol. The number of hydrogen-bond donors (Lipinski definition) is 1. The van der Waals surface area contributed by atoms with Crippen molar-refractivity contribution in [3.63, 3.8) is 0 Å². The van der Waals surface area contributed by atoms with Crippen molar-refractivity contribution in [2.24, 2.45) is 0 Å². The standard InChI is InChI=1S/C13H8F9NO3/c14-10(15,11(16,17)12(18,19)13(20,21)22)9(24)23-4-6-1-2-7-8(3-6)26-5-25-7/h1-3H,4-5H2,(H,23,24). The van der Waals surface area contributed by atoms with Crippen LogP contribution in [-0.2, 0) is 11.3 Å². The number of carbonyl (C=O) groups excluding carboxylic acids is 1. The summed E-state index contributed by atoms with van der Waals surface area (Å²) >= 11 is 0. The molecule has 0 fully saturated rings. The number of nitrogens with one attached hydrogen (secondary N) is 1. The molecule has 0 radical (unpaired) electrons. The molecule has 146 valence electrons. The average molecular weight is 397 g/mol. The van der Waals surface area contributed by atoms with Crippen LogP contribution in [0.5, 0.6) is 11.5 Å². The van der Waals surface area contributed by atoms with Crippen molar-refractivity contribution in [3.05, 3.63) is 23.8 Å². The Hall–Kier alpha value is -2.34. The summed E-state index contributed by atoms with van der Waals surface area (Å²) in [6, 6.07) is 3.66. The molecule has 1 aromatic carbocycles. The first-order chi connectivity index (χ1) is 11.7. The first-order valence-corrected chi connectivity index (χ1v) is 6.59. The Labute approximate surface area is 138 Å². The summed E-state index contributed by atoms with van der Waals surface area (Å²) in [6.45, 7) is -1.01. The van der Waals surface area contributed by atoms with Gasteiger partial charge in [-0.15, -0.1) is 0 Å². The van der Waals surface area contributed by atoms with E-state index in [0.717, 1.165) is 0 Å². The summed E-state index contributed by atoms with van der Waals surface area (Å²) in [5.41, 5.74) is 0.0179. The maximum Gasteiger partial charge on any atom is 0.460 e. The van der Waals surface area contributed by atoms with E-state index in [9.17, 15) is 44.3 Å². The zero-order chi connectivity index (χ0) is 20.0. The Bertz CT molecular complexity index is 703. The van der Waals surface area contributed by atoms with E-state index < -0.39 is 36.4 Å². The van der Waals surface area contributed by atoms with Gasteiger partial charge in [-0.3, -0.25) is 4.79 Å². The Morgan fingerprint density at radius 3 is 2.08 bits per heavy atom. The molecule has 26 heavy (non-hydrogen) atoms. The Morgan fingerprint density at radius 2 is 1.50 bits per heavy atom. The highest BCUT2D eigenvalue weighted by molar-refractivity contribution is 5.84. The van der Waals surface area contributed by atoms with E-state index in [4.69, 9.17) is 9.47 Å². The lowest BCUT2D eigenvalue weighted by Gasteiger charge is -2.32. The molecule has 1 aliphatic rings. The van der Waals surface area contributed by atoms with Gasteiger partial charge >= 0.3 is 23.9 Å². The maximum atomic E-state index is 13.4. The van der Waals surface area contributed by atoms with Gasteiger partial charge in [0.2, 0.25) is 6.79 Å². The molecule has 1 N–H and O–H groups in total. The van der Waals surface area contributed by atoms with Gasteiger partial charge in [0, 0.05) is 6.54 Å². The number of alkyl halides is 9. The van der Waals surface area contributed by atoms with Crippen LogP contribution in [-0.4, -0.2) is 36.6 Å². The van der Waals surface area contributed by atoms with Gasteiger partial charge in [0.25, 0.3) is 5.91 Å². The molecule has 0 aromatic heterocycles. The van der Waals surface area contributed by atoms with Gasteiger partial charge in [-0.05, 0) is 17.7 Å². The van der Waals surface area contributed by atoms with Crippen LogP contribution < -0.4 is 14.8 Å². The highest BCUT2D eigenvalue weighted by Gasteiger charge is 2.83. The second-order valence-electron chi connectivity index (χ2n) is 5.09. The molecule has 0 aliphatic carbocycles. The summed E-state index contributed by atoms with van der Waals surface area (Å²) < 4.78 is 124. The number of amides is 1. The largest absolute Gasteiger partial charge is 0.460 e. The number of ether oxygens (including phenoxy) is 2. The molecule has 0 spiro atoms. The molecule has 4 nitrogen and oxygen atoms in total. The summed E-state index contributed by atoms with van der Waals surface area (Å²) in [7, 11) is 0. The summed E-state index contributed by atoms with van der Waals surface area (Å²) in [4.78, 5) is 11.2. The Balaban J connectivity index is 2.14. The van der Waals surface area contributed by atoms with Crippen LogP contribution in [0, 0.1) is 0 Å². The van der Waals surface area contributed by atoms with Gasteiger partial charge in [-0.25, -0.2) is 0 Å². The molecule has 2 rings (SSSR count). The van der Waals surface area contributed by atoms with Crippen molar-refractivity contribution in [1.82, 2.24) is 5.32 Å². The predicted octanol–water partition coefficient (Wildman–Crippen LogP) is 3.50. The van der Waals surface area contributed by atoms with E-state index in [2.05, 4.69) is 0 Å². The molecule has 13 heteroatoms. The molecule has 1 amide bonds. The van der Waals surface area contributed by atoms with Gasteiger partial charge in [0.15, 0.2) is 11.5 Å². The fourth-order valence-corrected chi connectivity index (χ4v) is 1.86. The first-order valence-electron chi connectivity index (χ1n) is 6.59. The Kier molecular flexibility index (Phi) is 4.71. The highest BCUT2D eigenvalue weighted by Crippen LogP contribution is 2.53. The van der Waals surface area contributed by atoms with Gasteiger partial charge < -0.3 is 14.8 Å². The van der Waals surface area contributed by atoms with Gasteiger partial charge in [-0.1, -0.05) is 6.07 Å². The topological polar surface area (TPSA) is 47.6 Å². The molecular formula is C13H8F9NO3. The summed E-state index contributed by atoms with van der Waals surface area (Å²) in [5, 5.41) is 1.19. The van der Waals surface area contributed by atoms with Gasteiger partial charge in [-0.2, -0.15) is 39.5 Å². The predicted molar refractivity (Wildman–Crippen MR) is 65.3 cm³/mol. The fourth-order valence-electron chi connectivity index (χ4n) is 1.86. The number of carbonyl (C=O) groups is 1. The molecule has 0 saturated heterocycles. The molecule has 1 aliphatic heterocycles. The van der Waals surface area contributed by atoms with Crippen LogP contribution in [0.2, 0.25) is 0 Å². The fraction of sp³-hybridized carbons (Fsp3) is 0.462. The molecule has 1 aromatic rings. The van der Waals surface area contributed by atoms with E-state index in [0.29, 0.717) is 0 Å². The molecule has 1 heterocycles. The van der Waals surface area contributed by atoms with Gasteiger partial charge in [0.1, 0.15) is 0 Å². The van der Waals surface area contributed by atoms with Crippen LogP contribution in [0.1, 0.15) is 5.56 Å². The van der Waals surface area contributed by atoms with Crippen molar-refractivity contribution >= 4 is 5.91 Å². The minimum absolute atomic E-state index is 0.0179. The van der Waals surface area contributed by atoms with Crippen LogP contribution in [0.25, 0.3) is 0 Å². The smallest absolute Gasteiger partial charge is 0.454 e. The lowest BCUT2D eigenvalue weighted by Crippen LogP contribution is -2.65. The zero-order valence-electron chi connectivity index (χ0n) is 12.3. The first kappa shape index (κ1) is 20.0. The zero-order valence-corrected chi connectivity index (χ0v) is 12.3. The molecule has 0 saturated carbocycles. The van der Waals surface area contributed by atoms with E-state index in [1.54, 1.807) is 0 Å². The quantitative estimate of drug-likeness (QED) is 0.774. The maximum absolute atomic E-state index is 13.4.